The molecule has 2 atom stereocenters. The highest BCUT2D eigenvalue weighted by molar-refractivity contribution is 8.00. The summed E-state index contributed by atoms with van der Waals surface area (Å²) in [6.07, 6.45) is 0. The van der Waals surface area contributed by atoms with Gasteiger partial charge in [-0.05, 0) is 31.2 Å². The molecule has 2 unspecified atom stereocenters. The van der Waals surface area contributed by atoms with E-state index in [1.807, 2.05) is 6.92 Å². The fourth-order valence-corrected chi connectivity index (χ4v) is 3.18. The Bertz CT molecular complexity index is 477. The van der Waals surface area contributed by atoms with Crippen molar-refractivity contribution in [1.29, 1.82) is 0 Å². The van der Waals surface area contributed by atoms with E-state index in [9.17, 15) is 9.59 Å². The van der Waals surface area contributed by atoms with Crippen molar-refractivity contribution in [2.24, 2.45) is 0 Å². The lowest BCUT2D eigenvalue weighted by Gasteiger charge is -2.25. The van der Waals surface area contributed by atoms with E-state index in [-0.39, 0.29) is 11.3 Å². The number of nitrogens with zero attached hydrogens (tertiary/aromatic N) is 1. The number of carbonyl (C=O) groups is 2. The van der Waals surface area contributed by atoms with Crippen LogP contribution < -0.4 is 0 Å². The molecule has 0 aliphatic carbocycles. The van der Waals surface area contributed by atoms with E-state index in [0.717, 1.165) is 0 Å². The van der Waals surface area contributed by atoms with Crippen molar-refractivity contribution in [3.8, 4) is 0 Å². The molecule has 18 heavy (non-hydrogen) atoms. The van der Waals surface area contributed by atoms with Crippen molar-refractivity contribution in [2.75, 3.05) is 5.75 Å². The van der Waals surface area contributed by atoms with Gasteiger partial charge in [0, 0.05) is 16.3 Å². The first kappa shape index (κ1) is 13.2. The molecule has 96 valence electrons. The number of carboxylic acids is 1. The Balaban J connectivity index is 2.26. The molecule has 1 fully saturated rings. The number of halogens is 1. The van der Waals surface area contributed by atoms with Crippen molar-refractivity contribution in [3.05, 3.63) is 34.9 Å². The van der Waals surface area contributed by atoms with Gasteiger partial charge in [0.1, 0.15) is 6.04 Å². The molecule has 1 aromatic rings. The maximum absolute atomic E-state index is 12.3. The zero-order chi connectivity index (χ0) is 13.3. The van der Waals surface area contributed by atoms with E-state index in [0.29, 0.717) is 16.3 Å². The summed E-state index contributed by atoms with van der Waals surface area (Å²) in [5.41, 5.74) is 0.458. The highest BCUT2D eigenvalue weighted by atomic mass is 35.5. The number of hydrogen-bond acceptors (Lipinski definition) is 3. The molecule has 6 heteroatoms. The van der Waals surface area contributed by atoms with Crippen LogP contribution in [0.1, 0.15) is 17.3 Å². The topological polar surface area (TPSA) is 57.6 Å². The van der Waals surface area contributed by atoms with Crippen LogP contribution >= 0.6 is 23.4 Å². The second kappa shape index (κ2) is 5.20. The third kappa shape index (κ3) is 2.47. The third-order valence-corrected chi connectivity index (χ3v) is 4.30. The molecule has 1 N–H and O–H groups in total. The second-order valence-corrected chi connectivity index (χ2v) is 5.79. The fraction of sp³-hybridized carbons (Fsp3) is 0.333. The van der Waals surface area contributed by atoms with Gasteiger partial charge in [-0.3, -0.25) is 4.79 Å². The number of hydrogen-bond donors (Lipinski definition) is 1. The molecule has 1 aliphatic heterocycles. The Morgan fingerprint density at radius 3 is 2.56 bits per heavy atom. The Morgan fingerprint density at radius 1 is 1.39 bits per heavy atom. The van der Waals surface area contributed by atoms with Gasteiger partial charge in [0.2, 0.25) is 0 Å². The zero-order valence-electron chi connectivity index (χ0n) is 9.67. The molecule has 0 radical (unpaired) electrons. The highest BCUT2D eigenvalue weighted by Crippen LogP contribution is 2.30. The summed E-state index contributed by atoms with van der Waals surface area (Å²) >= 11 is 7.23. The Kier molecular flexibility index (Phi) is 3.82. The monoisotopic (exact) mass is 285 g/mol. The van der Waals surface area contributed by atoms with Crippen molar-refractivity contribution >= 4 is 35.2 Å². The first-order valence-corrected chi connectivity index (χ1v) is 6.86. The molecule has 1 amide bonds. The van der Waals surface area contributed by atoms with Gasteiger partial charge < -0.3 is 10.0 Å². The van der Waals surface area contributed by atoms with Crippen LogP contribution in [0.15, 0.2) is 24.3 Å². The summed E-state index contributed by atoms with van der Waals surface area (Å²) in [5, 5.41) is 9.53. The van der Waals surface area contributed by atoms with Gasteiger partial charge in [0.15, 0.2) is 0 Å². The lowest BCUT2D eigenvalue weighted by atomic mass is 10.1. The van der Waals surface area contributed by atoms with E-state index < -0.39 is 12.0 Å². The van der Waals surface area contributed by atoms with E-state index in [1.165, 1.54) is 16.7 Å². The number of benzene rings is 1. The summed E-state index contributed by atoms with van der Waals surface area (Å²) in [4.78, 5) is 24.8. The van der Waals surface area contributed by atoms with Gasteiger partial charge in [-0.1, -0.05) is 11.6 Å². The SMILES string of the molecule is CC1SCC(C(=O)O)N1C(=O)c1ccc(Cl)cc1. The fourth-order valence-electron chi connectivity index (χ4n) is 1.88. The summed E-state index contributed by atoms with van der Waals surface area (Å²) < 4.78 is 0. The maximum Gasteiger partial charge on any atom is 0.327 e. The van der Waals surface area contributed by atoms with E-state index in [1.54, 1.807) is 24.3 Å². The molecule has 2 rings (SSSR count). The molecular weight excluding hydrogens is 274 g/mol. The predicted molar refractivity (Wildman–Crippen MR) is 71.0 cm³/mol. The lowest BCUT2D eigenvalue weighted by molar-refractivity contribution is -0.141. The first-order valence-electron chi connectivity index (χ1n) is 5.43. The Morgan fingerprint density at radius 2 is 2.00 bits per heavy atom. The van der Waals surface area contributed by atoms with Crippen molar-refractivity contribution in [1.82, 2.24) is 4.90 Å². The van der Waals surface area contributed by atoms with Gasteiger partial charge in [-0.25, -0.2) is 4.79 Å². The number of rotatable bonds is 2. The summed E-state index contributed by atoms with van der Waals surface area (Å²) in [6.45, 7) is 1.83. The standard InChI is InChI=1S/C12H12ClNO3S/c1-7-14(10(6-18-7)12(16)17)11(15)8-2-4-9(13)5-3-8/h2-5,7,10H,6H2,1H3,(H,16,17). The number of amides is 1. The predicted octanol–water partition coefficient (Wildman–Crippen LogP) is 2.33. The number of carboxylic acid groups (broad SMARTS) is 1. The summed E-state index contributed by atoms with van der Waals surface area (Å²) in [6, 6.07) is 5.71. The molecule has 1 aromatic carbocycles. The third-order valence-electron chi connectivity index (χ3n) is 2.83. The van der Waals surface area contributed by atoms with Crippen LogP contribution in [0, 0.1) is 0 Å². The van der Waals surface area contributed by atoms with Crippen LogP contribution in [0.3, 0.4) is 0 Å². The smallest absolute Gasteiger partial charge is 0.327 e. The second-order valence-electron chi connectivity index (χ2n) is 4.01. The molecule has 1 aliphatic rings. The number of aliphatic carboxylic acids is 1. The van der Waals surface area contributed by atoms with Crippen LogP contribution in [-0.4, -0.2) is 39.1 Å². The minimum absolute atomic E-state index is 0.130. The molecular formula is C12H12ClNO3S. The number of carbonyl (C=O) groups excluding carboxylic acids is 1. The van der Waals surface area contributed by atoms with Gasteiger partial charge in [0.25, 0.3) is 5.91 Å². The molecule has 1 saturated heterocycles. The van der Waals surface area contributed by atoms with Crippen LogP contribution in [-0.2, 0) is 4.79 Å². The maximum atomic E-state index is 12.3. The van der Waals surface area contributed by atoms with E-state index in [4.69, 9.17) is 16.7 Å². The van der Waals surface area contributed by atoms with Crippen LogP contribution in [0.2, 0.25) is 5.02 Å². The number of thioether (sulfide) groups is 1. The lowest BCUT2D eigenvalue weighted by Crippen LogP contribution is -2.44. The Labute approximate surface area is 114 Å². The van der Waals surface area contributed by atoms with Gasteiger partial charge in [-0.2, -0.15) is 0 Å². The van der Waals surface area contributed by atoms with Crippen molar-refractivity contribution in [3.63, 3.8) is 0 Å². The largest absolute Gasteiger partial charge is 0.480 e. The van der Waals surface area contributed by atoms with Gasteiger partial charge >= 0.3 is 5.97 Å². The van der Waals surface area contributed by atoms with Crippen molar-refractivity contribution < 1.29 is 14.7 Å². The van der Waals surface area contributed by atoms with Gasteiger partial charge in [-0.15, -0.1) is 11.8 Å². The van der Waals surface area contributed by atoms with E-state index in [2.05, 4.69) is 0 Å². The molecule has 4 nitrogen and oxygen atoms in total. The van der Waals surface area contributed by atoms with E-state index >= 15 is 0 Å². The average molecular weight is 286 g/mol. The summed E-state index contributed by atoms with van der Waals surface area (Å²) in [5.74, 6) is -0.804. The highest BCUT2D eigenvalue weighted by Gasteiger charge is 2.39. The average Bonchev–Trinajstić information content (AvgIpc) is 2.71. The van der Waals surface area contributed by atoms with Crippen molar-refractivity contribution in [2.45, 2.75) is 18.3 Å². The molecule has 0 spiro atoms. The molecule has 1 heterocycles. The summed E-state index contributed by atoms with van der Waals surface area (Å²) in [7, 11) is 0. The molecule has 0 aromatic heterocycles. The van der Waals surface area contributed by atoms with Gasteiger partial charge in [0.05, 0.1) is 5.37 Å². The minimum Gasteiger partial charge on any atom is -0.480 e. The zero-order valence-corrected chi connectivity index (χ0v) is 11.2. The Hall–Kier alpha value is -1.20. The van der Waals surface area contributed by atoms with Crippen LogP contribution in [0.5, 0.6) is 0 Å². The molecule has 0 bridgehead atoms. The van der Waals surface area contributed by atoms with Crippen LogP contribution in [0.4, 0.5) is 0 Å². The van der Waals surface area contributed by atoms with Crippen LogP contribution in [0.25, 0.3) is 0 Å². The first-order chi connectivity index (χ1) is 8.50. The molecule has 0 saturated carbocycles. The minimum atomic E-state index is -0.964. The quantitative estimate of drug-likeness (QED) is 0.906. The normalized spacial score (nSPS) is 23.1.